The molecule has 30 heavy (non-hydrogen) atoms. The molecule has 1 aliphatic rings. The molecule has 0 saturated heterocycles. The van der Waals surface area contributed by atoms with E-state index in [9.17, 15) is 18.3 Å². The van der Waals surface area contributed by atoms with E-state index in [-0.39, 0.29) is 36.4 Å². The van der Waals surface area contributed by atoms with Gasteiger partial charge in [-0.15, -0.1) is 0 Å². The lowest BCUT2D eigenvalue weighted by Gasteiger charge is -2.37. The highest BCUT2D eigenvalue weighted by molar-refractivity contribution is 7.88. The van der Waals surface area contributed by atoms with Crippen molar-refractivity contribution in [1.82, 2.24) is 14.2 Å². The largest absolute Gasteiger partial charge is 0.472 e. The molecule has 8 nitrogen and oxygen atoms in total. The molecule has 0 saturated carbocycles. The Labute approximate surface area is 179 Å². The third-order valence-corrected chi connectivity index (χ3v) is 6.41. The summed E-state index contributed by atoms with van der Waals surface area (Å²) in [5.41, 5.74) is 0.867. The van der Waals surface area contributed by atoms with Crippen LogP contribution in [0.4, 0.5) is 0 Å². The summed E-state index contributed by atoms with van der Waals surface area (Å²) in [4.78, 5) is 19.2. The molecule has 0 radical (unpaired) electrons. The minimum absolute atomic E-state index is 0.120. The number of hydrogen-bond donors (Lipinski definition) is 1. The van der Waals surface area contributed by atoms with Crippen LogP contribution in [0.15, 0.2) is 12.3 Å². The van der Waals surface area contributed by atoms with Crippen LogP contribution in [0.1, 0.15) is 49.5 Å². The Morgan fingerprint density at radius 1 is 1.47 bits per heavy atom. The van der Waals surface area contributed by atoms with Crippen LogP contribution in [0.25, 0.3) is 0 Å². The summed E-state index contributed by atoms with van der Waals surface area (Å²) in [5.74, 6) is 5.71. The van der Waals surface area contributed by atoms with Gasteiger partial charge in [0.05, 0.1) is 25.4 Å². The first-order valence-electron chi connectivity index (χ1n) is 10.1. The van der Waals surface area contributed by atoms with Crippen LogP contribution in [0.2, 0.25) is 0 Å². The Balaban J connectivity index is 2.49. The summed E-state index contributed by atoms with van der Waals surface area (Å²) >= 11 is 0. The maximum absolute atomic E-state index is 13.2. The molecule has 0 aromatic carbocycles. The molecule has 166 valence electrons. The van der Waals surface area contributed by atoms with Gasteiger partial charge in [-0.1, -0.05) is 25.7 Å². The van der Waals surface area contributed by atoms with Gasteiger partial charge in [0, 0.05) is 37.7 Å². The van der Waals surface area contributed by atoms with E-state index in [1.807, 2.05) is 13.8 Å². The van der Waals surface area contributed by atoms with Gasteiger partial charge in [0.25, 0.3) is 5.91 Å². The van der Waals surface area contributed by atoms with Crippen molar-refractivity contribution in [1.29, 1.82) is 0 Å². The summed E-state index contributed by atoms with van der Waals surface area (Å²) in [6.45, 7) is 5.94. The van der Waals surface area contributed by atoms with Crippen molar-refractivity contribution in [3.8, 4) is 17.7 Å². The number of sulfonamides is 1. The number of likely N-dealkylation sites (N-methyl/N-ethyl adjacent to an activating group) is 1. The predicted octanol–water partition coefficient (Wildman–Crippen LogP) is 1.34. The molecule has 1 aromatic heterocycles. The Morgan fingerprint density at radius 3 is 2.77 bits per heavy atom. The highest BCUT2D eigenvalue weighted by Gasteiger charge is 2.35. The van der Waals surface area contributed by atoms with Crippen molar-refractivity contribution >= 4 is 15.9 Å². The molecule has 1 aromatic rings. The number of rotatable bonds is 6. The zero-order chi connectivity index (χ0) is 22.5. The first kappa shape index (κ1) is 24.1. The SMILES string of the molecule is CCCC#Cc1cnc2c(c1)C(=O)N([C@@H](C)CO)C[C@@H](C)[C@H](CN(C)S(C)(=O)=O)O2. The maximum atomic E-state index is 13.2. The van der Waals surface area contributed by atoms with Crippen LogP contribution in [-0.2, 0) is 10.0 Å². The van der Waals surface area contributed by atoms with Gasteiger partial charge < -0.3 is 14.7 Å². The second-order valence-electron chi connectivity index (χ2n) is 7.79. The van der Waals surface area contributed by atoms with Gasteiger partial charge in [0.2, 0.25) is 15.9 Å². The molecule has 0 bridgehead atoms. The molecule has 0 spiro atoms. The van der Waals surface area contributed by atoms with Gasteiger partial charge in [-0.25, -0.2) is 17.7 Å². The Hall–Kier alpha value is -2.15. The minimum Gasteiger partial charge on any atom is -0.472 e. The van der Waals surface area contributed by atoms with E-state index in [1.54, 1.807) is 24.1 Å². The van der Waals surface area contributed by atoms with E-state index in [0.717, 1.165) is 19.1 Å². The monoisotopic (exact) mass is 437 g/mol. The minimum atomic E-state index is -3.39. The molecule has 3 atom stereocenters. The highest BCUT2D eigenvalue weighted by atomic mass is 32.2. The normalized spacial score (nSPS) is 20.5. The van der Waals surface area contributed by atoms with Crippen molar-refractivity contribution in [2.24, 2.45) is 5.92 Å². The Morgan fingerprint density at radius 2 is 2.17 bits per heavy atom. The van der Waals surface area contributed by atoms with Crippen LogP contribution in [0, 0.1) is 17.8 Å². The lowest BCUT2D eigenvalue weighted by Crippen LogP contribution is -2.50. The van der Waals surface area contributed by atoms with Gasteiger partial charge >= 0.3 is 0 Å². The lowest BCUT2D eigenvalue weighted by atomic mass is 10.0. The van der Waals surface area contributed by atoms with Crippen LogP contribution in [0.5, 0.6) is 5.88 Å². The van der Waals surface area contributed by atoms with Crippen molar-refractivity contribution in [2.75, 3.05) is 33.0 Å². The van der Waals surface area contributed by atoms with Crippen molar-refractivity contribution in [3.63, 3.8) is 0 Å². The second-order valence-corrected chi connectivity index (χ2v) is 9.88. The number of pyridine rings is 1. The van der Waals surface area contributed by atoms with Crippen molar-refractivity contribution < 1.29 is 23.1 Å². The number of unbranched alkanes of at least 4 members (excludes halogenated alkanes) is 1. The lowest BCUT2D eigenvalue weighted by molar-refractivity contribution is 0.0373. The molecule has 9 heteroatoms. The third-order valence-electron chi connectivity index (χ3n) is 5.13. The zero-order valence-electron chi connectivity index (χ0n) is 18.3. The van der Waals surface area contributed by atoms with Gasteiger partial charge in [-0.3, -0.25) is 4.79 Å². The molecule has 0 fully saturated rings. The number of aromatic nitrogens is 1. The average Bonchev–Trinajstić information content (AvgIpc) is 2.69. The molecule has 0 unspecified atom stereocenters. The standard InChI is InChI=1S/C21H31N3O5S/c1-6-7-8-9-17-10-18-20(22-11-17)29-19(13-23(4)30(5,27)28)15(2)12-24(21(18)26)16(3)14-25/h10-11,15-16,19,25H,6-7,12-14H2,1-5H3/t15-,16+,19+/m1/s1. The molecule has 1 amide bonds. The summed E-state index contributed by atoms with van der Waals surface area (Å²) in [6.07, 6.45) is 3.85. The quantitative estimate of drug-likeness (QED) is 0.675. The molecule has 0 aliphatic carbocycles. The summed E-state index contributed by atoms with van der Waals surface area (Å²) in [7, 11) is -1.90. The summed E-state index contributed by atoms with van der Waals surface area (Å²) in [5, 5.41) is 9.67. The maximum Gasteiger partial charge on any atom is 0.259 e. The average molecular weight is 438 g/mol. The van der Waals surface area contributed by atoms with Crippen LogP contribution < -0.4 is 4.74 Å². The van der Waals surface area contributed by atoms with E-state index in [2.05, 4.69) is 16.8 Å². The molecule has 2 rings (SSSR count). The number of aliphatic hydroxyl groups excluding tert-OH is 1. The summed E-state index contributed by atoms with van der Waals surface area (Å²) in [6, 6.07) is 1.24. The van der Waals surface area contributed by atoms with Crippen LogP contribution in [0.3, 0.4) is 0 Å². The van der Waals surface area contributed by atoms with Gasteiger partial charge in [-0.05, 0) is 19.4 Å². The highest BCUT2D eigenvalue weighted by Crippen LogP contribution is 2.27. The fourth-order valence-corrected chi connectivity index (χ4v) is 3.48. The first-order valence-corrected chi connectivity index (χ1v) is 11.9. The van der Waals surface area contributed by atoms with E-state index in [1.165, 1.54) is 11.4 Å². The van der Waals surface area contributed by atoms with Crippen LogP contribution in [-0.4, -0.2) is 78.8 Å². The summed E-state index contributed by atoms with van der Waals surface area (Å²) < 4.78 is 31.1. The van der Waals surface area contributed by atoms with Gasteiger partial charge in [-0.2, -0.15) is 0 Å². The molecular weight excluding hydrogens is 406 g/mol. The van der Waals surface area contributed by atoms with Gasteiger partial charge in [0.15, 0.2) is 0 Å². The Kier molecular flexibility index (Phi) is 8.24. The fourth-order valence-electron chi connectivity index (χ4n) is 3.07. The fraction of sp³-hybridized carbons (Fsp3) is 0.619. The van der Waals surface area contributed by atoms with E-state index in [0.29, 0.717) is 12.1 Å². The van der Waals surface area contributed by atoms with E-state index < -0.39 is 22.2 Å². The molecule has 1 aliphatic heterocycles. The number of carbonyl (C=O) groups is 1. The number of aliphatic hydroxyl groups is 1. The molecular formula is C21H31N3O5S. The second kappa shape index (κ2) is 10.2. The van der Waals surface area contributed by atoms with Crippen molar-refractivity contribution in [3.05, 3.63) is 23.4 Å². The predicted molar refractivity (Wildman–Crippen MR) is 115 cm³/mol. The topological polar surface area (TPSA) is 100 Å². The number of nitrogens with zero attached hydrogens (tertiary/aromatic N) is 3. The third kappa shape index (κ3) is 5.94. The van der Waals surface area contributed by atoms with Crippen LogP contribution >= 0.6 is 0 Å². The van der Waals surface area contributed by atoms with Gasteiger partial charge in [0.1, 0.15) is 11.7 Å². The molecule has 2 heterocycles. The number of amides is 1. The smallest absolute Gasteiger partial charge is 0.259 e. The molecule has 1 N–H and O–H groups in total. The van der Waals surface area contributed by atoms with Crippen molar-refractivity contribution in [2.45, 2.75) is 45.8 Å². The van der Waals surface area contributed by atoms with E-state index in [4.69, 9.17) is 4.74 Å². The first-order chi connectivity index (χ1) is 14.1. The van der Waals surface area contributed by atoms with E-state index >= 15 is 0 Å². The zero-order valence-corrected chi connectivity index (χ0v) is 19.1. The number of fused-ring (bicyclic) bond motifs is 1. The number of carbonyl (C=O) groups excluding carboxylic acids is 1. The number of ether oxygens (including phenoxy) is 1. The number of hydrogen-bond acceptors (Lipinski definition) is 6. The Bertz CT molecular complexity index is 922.